The van der Waals surface area contributed by atoms with Crippen molar-refractivity contribution >= 4 is 67.8 Å². The summed E-state index contributed by atoms with van der Waals surface area (Å²) in [5, 5.41) is 14.1. The maximum Gasteiger partial charge on any atom is 0.259 e. The Morgan fingerprint density at radius 3 is 2.52 bits per heavy atom. The Morgan fingerprint density at radius 1 is 1.12 bits per heavy atom. The van der Waals surface area contributed by atoms with Gasteiger partial charge in [-0.05, 0) is 56.3 Å². The summed E-state index contributed by atoms with van der Waals surface area (Å²) in [7, 11) is 0. The number of hydrogen-bond donors (Lipinski definition) is 4. The predicted octanol–water partition coefficient (Wildman–Crippen LogP) is 6.95. The molecule has 3 aromatic carbocycles. The van der Waals surface area contributed by atoms with E-state index in [0.29, 0.717) is 39.2 Å². The van der Waals surface area contributed by atoms with Crippen molar-refractivity contribution in [3.05, 3.63) is 74.2 Å². The quantitative estimate of drug-likeness (QED) is 0.284. The van der Waals surface area contributed by atoms with Crippen LogP contribution in [0.2, 0.25) is 10.0 Å². The Morgan fingerprint density at radius 2 is 1.82 bits per heavy atom. The average molecular weight is 548 g/mol. The lowest BCUT2D eigenvalue weighted by Gasteiger charge is -2.19. The molecule has 9 heteroatoms. The number of halogens is 3. The van der Waals surface area contributed by atoms with E-state index in [1.165, 1.54) is 0 Å². The number of carbonyl (C=O) groups excluding carboxylic acids is 1. The van der Waals surface area contributed by atoms with E-state index in [4.69, 9.17) is 27.9 Å². The fourth-order valence-corrected chi connectivity index (χ4v) is 4.88. The van der Waals surface area contributed by atoms with E-state index in [2.05, 4.69) is 37.2 Å². The minimum absolute atomic E-state index is 0.235. The highest BCUT2D eigenvalue weighted by atomic mass is 79.9. The maximum absolute atomic E-state index is 13.2. The van der Waals surface area contributed by atoms with Crippen LogP contribution in [-0.4, -0.2) is 17.8 Å². The number of benzene rings is 3. The lowest BCUT2D eigenvalue weighted by Crippen LogP contribution is -2.31. The Kier molecular flexibility index (Phi) is 5.59. The molecule has 33 heavy (non-hydrogen) atoms. The first-order chi connectivity index (χ1) is 15.7. The SMILES string of the molecule is CC1(C)Cc2c3c(cc(C(=O)Nc4ccc(Br)cc4)c2O1)NC(Nc1c(Cl)cccc1Cl)N3. The molecular weight excluding hydrogens is 527 g/mol. The smallest absolute Gasteiger partial charge is 0.259 e. The molecule has 1 amide bonds. The first kappa shape index (κ1) is 22.2. The van der Waals surface area contributed by atoms with E-state index in [0.717, 1.165) is 21.4 Å². The molecule has 0 saturated heterocycles. The van der Waals surface area contributed by atoms with Crippen molar-refractivity contribution in [1.29, 1.82) is 0 Å². The molecule has 3 aromatic rings. The Labute approximate surface area is 210 Å². The van der Waals surface area contributed by atoms with Crippen LogP contribution in [0, 0.1) is 0 Å². The zero-order valence-corrected chi connectivity index (χ0v) is 21.0. The molecule has 2 aliphatic heterocycles. The highest BCUT2D eigenvalue weighted by Crippen LogP contribution is 2.48. The molecule has 2 heterocycles. The van der Waals surface area contributed by atoms with Gasteiger partial charge in [-0.15, -0.1) is 0 Å². The van der Waals surface area contributed by atoms with Gasteiger partial charge >= 0.3 is 0 Å². The van der Waals surface area contributed by atoms with Crippen LogP contribution in [0.3, 0.4) is 0 Å². The van der Waals surface area contributed by atoms with Gasteiger partial charge in [0.15, 0.2) is 6.29 Å². The number of hydrogen-bond acceptors (Lipinski definition) is 5. The summed E-state index contributed by atoms with van der Waals surface area (Å²) in [6.07, 6.45) is 0.299. The second-order valence-corrected chi connectivity index (χ2v) is 10.3. The van der Waals surface area contributed by atoms with Crippen LogP contribution in [0.4, 0.5) is 22.7 Å². The Hall–Kier alpha value is -2.61. The van der Waals surface area contributed by atoms with Gasteiger partial charge < -0.3 is 26.0 Å². The standard InChI is InChI=1S/C24H21BrCl2N4O2/c1-24(2)11-15-19-18(29-23(30-19)31-20-16(26)4-3-5-17(20)27)10-14(21(15)33-24)22(32)28-13-8-6-12(25)7-9-13/h3-10,23,29-31H,11H2,1-2H3,(H,28,32). The number of ether oxygens (including phenoxy) is 1. The van der Waals surface area contributed by atoms with Gasteiger partial charge in [-0.2, -0.15) is 0 Å². The molecule has 6 nitrogen and oxygen atoms in total. The number of para-hydroxylation sites is 1. The Bertz CT molecular complexity index is 1240. The van der Waals surface area contributed by atoms with Crippen LogP contribution in [0.25, 0.3) is 0 Å². The molecule has 4 N–H and O–H groups in total. The van der Waals surface area contributed by atoms with E-state index >= 15 is 0 Å². The third-order valence-electron chi connectivity index (χ3n) is 5.55. The van der Waals surface area contributed by atoms with Crippen LogP contribution in [0.1, 0.15) is 29.8 Å². The van der Waals surface area contributed by atoms with Crippen molar-refractivity contribution in [3.63, 3.8) is 0 Å². The predicted molar refractivity (Wildman–Crippen MR) is 138 cm³/mol. The van der Waals surface area contributed by atoms with Crippen LogP contribution in [-0.2, 0) is 6.42 Å². The first-order valence-corrected chi connectivity index (χ1v) is 11.9. The monoisotopic (exact) mass is 546 g/mol. The lowest BCUT2D eigenvalue weighted by atomic mass is 9.97. The summed E-state index contributed by atoms with van der Waals surface area (Å²) in [5.74, 6) is 0.362. The third kappa shape index (κ3) is 4.33. The van der Waals surface area contributed by atoms with Crippen molar-refractivity contribution in [2.75, 3.05) is 21.3 Å². The zero-order valence-electron chi connectivity index (χ0n) is 17.9. The van der Waals surface area contributed by atoms with Crippen LogP contribution in [0.5, 0.6) is 5.75 Å². The number of amides is 1. The number of anilines is 4. The van der Waals surface area contributed by atoms with Gasteiger partial charge in [0.1, 0.15) is 11.4 Å². The summed E-state index contributed by atoms with van der Waals surface area (Å²) in [4.78, 5) is 13.2. The van der Waals surface area contributed by atoms with Gasteiger partial charge in [0.2, 0.25) is 0 Å². The maximum atomic E-state index is 13.2. The van der Waals surface area contributed by atoms with Gasteiger partial charge in [-0.25, -0.2) is 0 Å². The molecule has 0 aromatic heterocycles. The zero-order chi connectivity index (χ0) is 23.3. The molecule has 1 atom stereocenters. The van der Waals surface area contributed by atoms with E-state index in [1.54, 1.807) is 18.2 Å². The van der Waals surface area contributed by atoms with Crippen molar-refractivity contribution in [2.24, 2.45) is 0 Å². The van der Waals surface area contributed by atoms with Crippen molar-refractivity contribution in [3.8, 4) is 5.75 Å². The van der Waals surface area contributed by atoms with Gasteiger partial charge in [0.05, 0.1) is 32.7 Å². The van der Waals surface area contributed by atoms with Gasteiger partial charge in [-0.1, -0.05) is 45.2 Å². The molecule has 0 spiro atoms. The van der Waals surface area contributed by atoms with E-state index < -0.39 is 5.60 Å². The molecule has 170 valence electrons. The number of nitrogens with one attached hydrogen (secondary N) is 4. The van der Waals surface area contributed by atoms with E-state index in [9.17, 15) is 4.79 Å². The molecule has 0 bridgehead atoms. The fourth-order valence-electron chi connectivity index (χ4n) is 4.11. The van der Waals surface area contributed by atoms with Crippen LogP contribution in [0.15, 0.2) is 53.0 Å². The molecule has 0 saturated carbocycles. The highest BCUT2D eigenvalue weighted by Gasteiger charge is 2.39. The summed E-state index contributed by atoms with van der Waals surface area (Å²) in [6.45, 7) is 4.02. The fraction of sp³-hybridized carbons (Fsp3) is 0.208. The van der Waals surface area contributed by atoms with Crippen molar-refractivity contribution < 1.29 is 9.53 Å². The van der Waals surface area contributed by atoms with Crippen molar-refractivity contribution in [1.82, 2.24) is 0 Å². The number of fused-ring (bicyclic) bond motifs is 3. The molecule has 0 fully saturated rings. The Balaban J connectivity index is 1.47. The van der Waals surface area contributed by atoms with E-state index in [1.807, 2.05) is 44.2 Å². The minimum atomic E-state index is -0.427. The molecular formula is C24H21BrCl2N4O2. The lowest BCUT2D eigenvalue weighted by molar-refractivity contribution is 0.101. The largest absolute Gasteiger partial charge is 0.486 e. The van der Waals surface area contributed by atoms with Gasteiger partial charge in [0, 0.05) is 22.1 Å². The second kappa shape index (κ2) is 8.31. The molecule has 5 rings (SSSR count). The average Bonchev–Trinajstić information content (AvgIpc) is 3.31. The highest BCUT2D eigenvalue weighted by molar-refractivity contribution is 9.10. The van der Waals surface area contributed by atoms with Gasteiger partial charge in [-0.3, -0.25) is 4.79 Å². The van der Waals surface area contributed by atoms with Crippen LogP contribution < -0.4 is 26.0 Å². The van der Waals surface area contributed by atoms with Gasteiger partial charge in [0.25, 0.3) is 5.91 Å². The van der Waals surface area contributed by atoms with E-state index in [-0.39, 0.29) is 12.2 Å². The molecule has 0 radical (unpaired) electrons. The first-order valence-electron chi connectivity index (χ1n) is 10.4. The summed E-state index contributed by atoms with van der Waals surface area (Å²) >= 11 is 16.1. The minimum Gasteiger partial charge on any atom is -0.486 e. The summed E-state index contributed by atoms with van der Waals surface area (Å²) in [6, 6.07) is 14.6. The molecule has 0 aliphatic carbocycles. The topological polar surface area (TPSA) is 74.4 Å². The van der Waals surface area contributed by atoms with Crippen molar-refractivity contribution in [2.45, 2.75) is 32.2 Å². The van der Waals surface area contributed by atoms with Crippen LogP contribution >= 0.6 is 39.1 Å². The molecule has 1 unspecified atom stereocenters. The second-order valence-electron chi connectivity index (χ2n) is 8.62. The molecule has 2 aliphatic rings. The number of carbonyl (C=O) groups is 1. The summed E-state index contributed by atoms with van der Waals surface area (Å²) in [5.41, 5.74) is 4.04. The number of rotatable bonds is 4. The normalized spacial score (nSPS) is 17.3. The third-order valence-corrected chi connectivity index (χ3v) is 6.70. The summed E-state index contributed by atoms with van der Waals surface area (Å²) < 4.78 is 7.16.